The Bertz CT molecular complexity index is 1480. The number of carbonyl (C=O) groups is 1. The van der Waals surface area contributed by atoms with E-state index in [0.717, 1.165) is 18.4 Å². The van der Waals surface area contributed by atoms with Crippen molar-refractivity contribution in [2.24, 2.45) is 0 Å². The van der Waals surface area contributed by atoms with Gasteiger partial charge in [-0.3, -0.25) is 4.79 Å². The summed E-state index contributed by atoms with van der Waals surface area (Å²) in [5, 5.41) is 0.174. The van der Waals surface area contributed by atoms with Crippen LogP contribution in [0.1, 0.15) is 45.9 Å². The summed E-state index contributed by atoms with van der Waals surface area (Å²) in [6, 6.07) is 8.70. The molecule has 1 N–H and O–H groups in total. The first-order valence-electron chi connectivity index (χ1n) is 11.2. The van der Waals surface area contributed by atoms with E-state index < -0.39 is 45.1 Å². The Kier molecular flexibility index (Phi) is 7.22. The molecule has 6 nitrogen and oxygen atoms in total. The lowest BCUT2D eigenvalue weighted by atomic mass is 9.97. The van der Waals surface area contributed by atoms with Crippen LogP contribution in [0, 0.1) is 12.7 Å². The molecule has 1 aliphatic rings. The lowest BCUT2D eigenvalue weighted by molar-refractivity contribution is -0.138. The molecule has 1 saturated heterocycles. The molecule has 196 valence electrons. The van der Waals surface area contributed by atoms with Crippen LogP contribution in [0.25, 0.3) is 11.1 Å². The molecular weight excluding hydrogens is 534 g/mol. The van der Waals surface area contributed by atoms with Crippen LogP contribution < -0.4 is 9.62 Å². The zero-order valence-corrected chi connectivity index (χ0v) is 21.3. The summed E-state index contributed by atoms with van der Waals surface area (Å²) in [5.74, 6) is -1.72. The molecule has 1 amide bonds. The lowest BCUT2D eigenvalue weighted by Gasteiger charge is -2.29. The number of nitrogens with zero attached hydrogens (tertiary/aromatic N) is 2. The molecule has 0 unspecified atom stereocenters. The van der Waals surface area contributed by atoms with Gasteiger partial charge in [-0.1, -0.05) is 29.8 Å². The Morgan fingerprint density at radius 2 is 1.89 bits per heavy atom. The number of hydrogen-bond donors (Lipinski definition) is 1. The molecule has 1 atom stereocenters. The van der Waals surface area contributed by atoms with Crippen LogP contribution in [-0.4, -0.2) is 32.1 Å². The van der Waals surface area contributed by atoms with Gasteiger partial charge >= 0.3 is 6.18 Å². The van der Waals surface area contributed by atoms with E-state index >= 15 is 0 Å². The number of halogens is 5. The molecule has 4 rings (SSSR count). The lowest BCUT2D eigenvalue weighted by Crippen LogP contribution is -2.30. The Hall–Kier alpha value is -3.18. The number of benzene rings is 2. The average Bonchev–Trinajstić information content (AvgIpc) is 3.28. The molecule has 37 heavy (non-hydrogen) atoms. The van der Waals surface area contributed by atoms with Crippen LogP contribution in [-0.2, 0) is 16.2 Å². The minimum absolute atomic E-state index is 0.148. The van der Waals surface area contributed by atoms with Gasteiger partial charge in [-0.25, -0.2) is 22.5 Å². The Morgan fingerprint density at radius 1 is 1.19 bits per heavy atom. The predicted molar refractivity (Wildman–Crippen MR) is 132 cm³/mol. The number of hydrogen-bond acceptors (Lipinski definition) is 5. The fourth-order valence-electron chi connectivity index (χ4n) is 4.57. The zero-order chi connectivity index (χ0) is 27.1. The van der Waals surface area contributed by atoms with Crippen molar-refractivity contribution in [3.63, 3.8) is 0 Å². The maximum Gasteiger partial charge on any atom is 0.416 e. The number of pyridine rings is 1. The summed E-state index contributed by atoms with van der Waals surface area (Å²) >= 11 is 6.54. The molecule has 1 aromatic heterocycles. The van der Waals surface area contributed by atoms with Crippen molar-refractivity contribution < 1.29 is 30.8 Å². The van der Waals surface area contributed by atoms with Gasteiger partial charge in [0.1, 0.15) is 11.6 Å². The third kappa shape index (κ3) is 5.72. The summed E-state index contributed by atoms with van der Waals surface area (Å²) in [5.41, 5.74) is 0.261. The van der Waals surface area contributed by atoms with Gasteiger partial charge in [0, 0.05) is 18.3 Å². The Morgan fingerprint density at radius 3 is 2.54 bits per heavy atom. The second kappa shape index (κ2) is 9.94. The smallest absolute Gasteiger partial charge is 0.348 e. The van der Waals surface area contributed by atoms with Crippen molar-refractivity contribution in [1.29, 1.82) is 0 Å². The van der Waals surface area contributed by atoms with Gasteiger partial charge in [-0.2, -0.15) is 13.2 Å². The summed E-state index contributed by atoms with van der Waals surface area (Å²) in [6.07, 6.45) is -1.14. The van der Waals surface area contributed by atoms with Gasteiger partial charge < -0.3 is 4.90 Å². The fraction of sp³-hybridized carbons (Fsp3) is 0.280. The van der Waals surface area contributed by atoms with Crippen molar-refractivity contribution >= 4 is 33.3 Å². The second-order valence-electron chi connectivity index (χ2n) is 8.82. The fourth-order valence-corrected chi connectivity index (χ4v) is 5.29. The van der Waals surface area contributed by atoms with Crippen molar-refractivity contribution in [3.8, 4) is 11.1 Å². The predicted octanol–water partition coefficient (Wildman–Crippen LogP) is 5.90. The van der Waals surface area contributed by atoms with Gasteiger partial charge in [0.25, 0.3) is 5.91 Å². The topological polar surface area (TPSA) is 79.4 Å². The third-order valence-corrected chi connectivity index (χ3v) is 6.95. The molecule has 0 spiro atoms. The number of aromatic nitrogens is 1. The normalized spacial score (nSPS) is 16.2. The SMILES string of the molecule is Cc1cc(C(=O)NS(C)(=O)=O)c(F)cc1-c1cnc(N2CCC[C@H]2c2ccccc2C(F)(F)F)c(Cl)c1. The molecule has 1 aliphatic heterocycles. The summed E-state index contributed by atoms with van der Waals surface area (Å²) in [4.78, 5) is 18.3. The molecule has 0 saturated carbocycles. The highest BCUT2D eigenvalue weighted by molar-refractivity contribution is 7.89. The highest BCUT2D eigenvalue weighted by Gasteiger charge is 2.38. The van der Waals surface area contributed by atoms with Crippen LogP contribution in [0.2, 0.25) is 5.02 Å². The number of amides is 1. The molecule has 0 bridgehead atoms. The van der Waals surface area contributed by atoms with E-state index in [2.05, 4.69) is 4.98 Å². The molecule has 2 aromatic carbocycles. The molecular formula is C25H22ClF4N3O3S. The van der Waals surface area contributed by atoms with Gasteiger partial charge in [-0.15, -0.1) is 0 Å². The van der Waals surface area contributed by atoms with Gasteiger partial charge in [0.15, 0.2) is 0 Å². The number of carbonyl (C=O) groups excluding carboxylic acids is 1. The minimum atomic E-state index is -4.50. The molecule has 0 aliphatic carbocycles. The van der Waals surface area contributed by atoms with Crippen molar-refractivity contribution in [1.82, 2.24) is 9.71 Å². The summed E-state index contributed by atoms with van der Waals surface area (Å²) in [6.45, 7) is 2.07. The van der Waals surface area contributed by atoms with Crippen LogP contribution in [0.5, 0.6) is 0 Å². The molecule has 12 heteroatoms. The number of rotatable bonds is 5. The highest BCUT2D eigenvalue weighted by Crippen LogP contribution is 2.43. The van der Waals surface area contributed by atoms with E-state index in [1.807, 2.05) is 0 Å². The van der Waals surface area contributed by atoms with Crippen molar-refractivity contribution in [2.45, 2.75) is 32.0 Å². The number of nitrogens with one attached hydrogen (secondary N) is 1. The third-order valence-electron chi connectivity index (χ3n) is 6.12. The molecule has 2 heterocycles. The maximum absolute atomic E-state index is 14.7. The van der Waals surface area contributed by atoms with Crippen LogP contribution in [0.15, 0.2) is 48.7 Å². The standard InChI is InChI=1S/C25H22ClF4N3O3S/c1-14-10-18(24(34)32-37(2,35)36)21(27)12-17(14)15-11-20(26)23(31-13-15)33-9-5-8-22(33)16-6-3-4-7-19(16)25(28,29)30/h3-4,6-7,10-13,22H,5,8-9H2,1-2H3,(H,32,34)/t22-/m0/s1. The molecule has 1 fully saturated rings. The van der Waals surface area contributed by atoms with E-state index in [-0.39, 0.29) is 10.6 Å². The Balaban J connectivity index is 1.67. The summed E-state index contributed by atoms with van der Waals surface area (Å²) in [7, 11) is -3.88. The van der Waals surface area contributed by atoms with E-state index in [1.165, 1.54) is 30.5 Å². The summed E-state index contributed by atoms with van der Waals surface area (Å²) < 4.78 is 80.0. The first kappa shape index (κ1) is 26.9. The van der Waals surface area contributed by atoms with Crippen LogP contribution in [0.3, 0.4) is 0 Å². The van der Waals surface area contributed by atoms with Gasteiger partial charge in [0.2, 0.25) is 10.0 Å². The van der Waals surface area contributed by atoms with Gasteiger partial charge in [-0.05, 0) is 60.7 Å². The number of sulfonamides is 1. The Labute approximate surface area is 216 Å². The molecule has 3 aromatic rings. The highest BCUT2D eigenvalue weighted by atomic mass is 35.5. The van der Waals surface area contributed by atoms with E-state index in [1.54, 1.807) is 22.6 Å². The van der Waals surface area contributed by atoms with E-state index in [0.29, 0.717) is 41.9 Å². The maximum atomic E-state index is 14.7. The first-order valence-corrected chi connectivity index (χ1v) is 13.4. The monoisotopic (exact) mass is 555 g/mol. The van der Waals surface area contributed by atoms with Crippen LogP contribution in [0.4, 0.5) is 23.4 Å². The van der Waals surface area contributed by atoms with Crippen LogP contribution >= 0.6 is 11.6 Å². The average molecular weight is 556 g/mol. The number of aryl methyl sites for hydroxylation is 1. The minimum Gasteiger partial charge on any atom is -0.348 e. The quantitative estimate of drug-likeness (QED) is 0.397. The first-order chi connectivity index (χ1) is 17.3. The zero-order valence-electron chi connectivity index (χ0n) is 19.7. The van der Waals surface area contributed by atoms with Gasteiger partial charge in [0.05, 0.1) is 28.4 Å². The van der Waals surface area contributed by atoms with Crippen molar-refractivity contribution in [3.05, 3.63) is 81.8 Å². The number of anilines is 1. The van der Waals surface area contributed by atoms with E-state index in [4.69, 9.17) is 11.6 Å². The van der Waals surface area contributed by atoms with E-state index in [9.17, 15) is 30.8 Å². The number of alkyl halides is 3. The largest absolute Gasteiger partial charge is 0.416 e. The molecule has 0 radical (unpaired) electrons. The van der Waals surface area contributed by atoms with Crippen molar-refractivity contribution in [2.75, 3.05) is 17.7 Å². The second-order valence-corrected chi connectivity index (χ2v) is 11.0.